The zero-order valence-corrected chi connectivity index (χ0v) is 9.16. The molecule has 0 N–H and O–H groups in total. The fourth-order valence-electron chi connectivity index (χ4n) is 1.03. The molecule has 90 valence electrons. The third kappa shape index (κ3) is 3.94. The van der Waals surface area contributed by atoms with E-state index in [2.05, 4.69) is 4.74 Å². The van der Waals surface area contributed by atoms with Crippen molar-refractivity contribution in [1.29, 1.82) is 0 Å². The molecule has 1 rings (SSSR count). The van der Waals surface area contributed by atoms with Gasteiger partial charge in [0.05, 0.1) is 17.8 Å². The molecule has 0 unspecified atom stereocenters. The molecule has 0 saturated heterocycles. The van der Waals surface area contributed by atoms with Crippen LogP contribution in [0.1, 0.15) is 12.7 Å². The van der Waals surface area contributed by atoms with Crippen LogP contribution >= 0.6 is 0 Å². The molecule has 0 fully saturated rings. The fourth-order valence-corrected chi connectivity index (χ4v) is 1.03. The van der Waals surface area contributed by atoms with Crippen molar-refractivity contribution in [3.05, 3.63) is 52.1 Å². The van der Waals surface area contributed by atoms with Crippen molar-refractivity contribution in [2.75, 3.05) is 6.61 Å². The number of allylic oxidation sites excluding steroid dienone is 2. The lowest BCUT2D eigenvalue weighted by Gasteiger charge is -1.97. The lowest BCUT2D eigenvalue weighted by Crippen LogP contribution is -2.14. The van der Waals surface area contributed by atoms with E-state index in [1.54, 1.807) is 19.1 Å². The molecule has 1 heterocycles. The summed E-state index contributed by atoms with van der Waals surface area (Å²) in [6, 6.07) is 3.36. The highest BCUT2D eigenvalue weighted by atomic mass is 16.6. The topological polar surface area (TPSA) is 82.6 Å². The first-order valence-electron chi connectivity index (χ1n) is 4.88. The van der Waals surface area contributed by atoms with E-state index in [9.17, 15) is 14.9 Å². The Labute approximate surface area is 97.3 Å². The Morgan fingerprint density at radius 3 is 2.94 bits per heavy atom. The van der Waals surface area contributed by atoms with Gasteiger partial charge in [0.2, 0.25) is 0 Å². The molecule has 0 aliphatic carbocycles. The average Bonchev–Trinajstić information content (AvgIpc) is 2.76. The molecular formula is C11H11NO5. The van der Waals surface area contributed by atoms with E-state index < -0.39 is 16.6 Å². The first kappa shape index (κ1) is 12.7. The van der Waals surface area contributed by atoms with Gasteiger partial charge in [-0.1, -0.05) is 6.08 Å². The van der Waals surface area contributed by atoms with Crippen LogP contribution in [0.25, 0.3) is 6.08 Å². The third-order valence-corrected chi connectivity index (χ3v) is 1.74. The summed E-state index contributed by atoms with van der Waals surface area (Å²) in [5.41, 5.74) is -0.616. The summed E-state index contributed by atoms with van der Waals surface area (Å²) >= 11 is 0. The first-order valence-corrected chi connectivity index (χ1v) is 4.88. The highest BCUT2D eigenvalue weighted by Crippen LogP contribution is 2.05. The molecule has 6 heteroatoms. The zero-order valence-electron chi connectivity index (χ0n) is 9.16. The Kier molecular flexibility index (Phi) is 4.68. The molecule has 0 atom stereocenters. The van der Waals surface area contributed by atoms with E-state index in [0.717, 1.165) is 6.08 Å². The predicted molar refractivity (Wildman–Crippen MR) is 59.5 cm³/mol. The minimum atomic E-state index is -0.957. The van der Waals surface area contributed by atoms with Crippen LogP contribution in [0.2, 0.25) is 0 Å². The maximum Gasteiger partial charge on any atom is 0.409 e. The summed E-state index contributed by atoms with van der Waals surface area (Å²) in [5.74, 6) is -0.422. The van der Waals surface area contributed by atoms with Crippen LogP contribution in [-0.4, -0.2) is 17.5 Å². The summed E-state index contributed by atoms with van der Waals surface area (Å²) in [6.45, 7) is 1.67. The second kappa shape index (κ2) is 6.26. The lowest BCUT2D eigenvalue weighted by atomic mass is 10.3. The smallest absolute Gasteiger partial charge is 0.409 e. The number of ether oxygens (including phenoxy) is 1. The second-order valence-corrected chi connectivity index (χ2v) is 2.90. The first-order chi connectivity index (χ1) is 8.15. The van der Waals surface area contributed by atoms with Gasteiger partial charge in [-0.15, -0.1) is 0 Å². The number of carbonyl (C=O) groups excluding carboxylic acids is 1. The molecule has 17 heavy (non-hydrogen) atoms. The van der Waals surface area contributed by atoms with Crippen molar-refractivity contribution in [2.24, 2.45) is 0 Å². The van der Waals surface area contributed by atoms with Crippen molar-refractivity contribution in [1.82, 2.24) is 0 Å². The van der Waals surface area contributed by atoms with Gasteiger partial charge in [-0.3, -0.25) is 10.1 Å². The van der Waals surface area contributed by atoms with E-state index in [1.807, 2.05) is 0 Å². The van der Waals surface area contributed by atoms with Crippen LogP contribution in [0.3, 0.4) is 0 Å². The van der Waals surface area contributed by atoms with E-state index in [1.165, 1.54) is 18.4 Å². The van der Waals surface area contributed by atoms with Crippen molar-refractivity contribution >= 4 is 12.0 Å². The Morgan fingerprint density at radius 1 is 1.65 bits per heavy atom. The molecule has 0 aromatic carbocycles. The Morgan fingerprint density at radius 2 is 2.41 bits per heavy atom. The van der Waals surface area contributed by atoms with Crippen molar-refractivity contribution in [3.63, 3.8) is 0 Å². The van der Waals surface area contributed by atoms with E-state index >= 15 is 0 Å². The van der Waals surface area contributed by atoms with Crippen molar-refractivity contribution < 1.29 is 18.9 Å². The molecule has 0 amide bonds. The Bertz CT molecular complexity index is 444. The standard InChI is InChI=1S/C11H11NO5/c1-2-16-11(13)10(12(14)15)7-3-5-9-6-4-8-17-9/h3-8H,2H2,1H3. The maximum atomic E-state index is 11.2. The molecule has 0 radical (unpaired) electrons. The van der Waals surface area contributed by atoms with Crippen LogP contribution in [0.15, 0.2) is 40.7 Å². The van der Waals surface area contributed by atoms with Crippen LogP contribution in [0.4, 0.5) is 0 Å². The van der Waals surface area contributed by atoms with E-state index in [-0.39, 0.29) is 6.61 Å². The summed E-state index contributed by atoms with van der Waals surface area (Å²) in [4.78, 5) is 21.0. The highest BCUT2D eigenvalue weighted by molar-refractivity contribution is 5.86. The maximum absolute atomic E-state index is 11.2. The number of nitrogens with zero attached hydrogens (tertiary/aromatic N) is 1. The quantitative estimate of drug-likeness (QED) is 0.257. The average molecular weight is 237 g/mol. The van der Waals surface area contributed by atoms with E-state index in [4.69, 9.17) is 4.42 Å². The number of esters is 1. The van der Waals surface area contributed by atoms with Gasteiger partial charge in [-0.05, 0) is 25.1 Å². The molecule has 0 spiro atoms. The third-order valence-electron chi connectivity index (χ3n) is 1.74. The minimum absolute atomic E-state index is 0.0892. The normalized spacial score (nSPS) is 11.7. The Hall–Kier alpha value is -2.37. The summed E-state index contributed by atoms with van der Waals surface area (Å²) < 4.78 is 9.53. The van der Waals surface area contributed by atoms with Gasteiger partial charge in [0, 0.05) is 6.08 Å². The van der Waals surface area contributed by atoms with Crippen LogP contribution in [-0.2, 0) is 9.53 Å². The summed E-state index contributed by atoms with van der Waals surface area (Å²) in [6.07, 6.45) is 5.40. The molecule has 6 nitrogen and oxygen atoms in total. The SMILES string of the molecule is CCOC(=O)C(=CC=Cc1ccco1)[N+](=O)[O-]. The van der Waals surface area contributed by atoms with Gasteiger partial charge in [0.15, 0.2) is 0 Å². The van der Waals surface area contributed by atoms with Gasteiger partial charge in [0.1, 0.15) is 5.76 Å². The number of carbonyl (C=O) groups is 1. The number of nitro groups is 1. The van der Waals surface area contributed by atoms with Crippen LogP contribution in [0.5, 0.6) is 0 Å². The van der Waals surface area contributed by atoms with Gasteiger partial charge < -0.3 is 9.15 Å². The summed E-state index contributed by atoms with van der Waals surface area (Å²) in [7, 11) is 0. The molecule has 1 aromatic rings. The van der Waals surface area contributed by atoms with Gasteiger partial charge >= 0.3 is 11.7 Å². The number of furan rings is 1. The second-order valence-electron chi connectivity index (χ2n) is 2.90. The monoisotopic (exact) mass is 237 g/mol. The molecule has 0 bridgehead atoms. The van der Waals surface area contributed by atoms with Crippen molar-refractivity contribution in [3.8, 4) is 0 Å². The largest absolute Gasteiger partial charge is 0.465 e. The van der Waals surface area contributed by atoms with Gasteiger partial charge in [-0.2, -0.15) is 0 Å². The number of hydrogen-bond donors (Lipinski definition) is 0. The lowest BCUT2D eigenvalue weighted by molar-refractivity contribution is -0.421. The molecule has 0 aliphatic heterocycles. The highest BCUT2D eigenvalue weighted by Gasteiger charge is 2.21. The fraction of sp³-hybridized carbons (Fsp3) is 0.182. The Balaban J connectivity index is 2.77. The number of hydrogen-bond acceptors (Lipinski definition) is 5. The molecular weight excluding hydrogens is 226 g/mol. The van der Waals surface area contributed by atoms with Crippen molar-refractivity contribution in [2.45, 2.75) is 6.92 Å². The molecule has 0 saturated carbocycles. The zero-order chi connectivity index (χ0) is 12.7. The van der Waals surface area contributed by atoms with Gasteiger partial charge in [-0.25, -0.2) is 4.79 Å². The molecule has 0 aliphatic rings. The van der Waals surface area contributed by atoms with Gasteiger partial charge in [0.25, 0.3) is 0 Å². The van der Waals surface area contributed by atoms with E-state index in [0.29, 0.717) is 5.76 Å². The molecule has 1 aromatic heterocycles. The van der Waals surface area contributed by atoms with Crippen LogP contribution < -0.4 is 0 Å². The van der Waals surface area contributed by atoms with Crippen LogP contribution in [0, 0.1) is 10.1 Å². The number of rotatable bonds is 5. The summed E-state index contributed by atoms with van der Waals surface area (Å²) in [5, 5.41) is 10.6. The minimum Gasteiger partial charge on any atom is -0.465 e. The predicted octanol–water partition coefficient (Wildman–Crippen LogP) is 2.02.